The zero-order valence-corrected chi connectivity index (χ0v) is 43.1. The van der Waals surface area contributed by atoms with Crippen LogP contribution in [0.15, 0.2) is 24.3 Å². The Kier molecular flexibility index (Phi) is 43.8. The summed E-state index contributed by atoms with van der Waals surface area (Å²) in [7, 11) is 0. The van der Waals surface area contributed by atoms with Gasteiger partial charge in [-0.05, 0) is 57.8 Å². The molecule has 1 rings (SSSR count). The van der Waals surface area contributed by atoms with Crippen LogP contribution in [0.3, 0.4) is 0 Å². The van der Waals surface area contributed by atoms with Crippen LogP contribution in [0.1, 0.15) is 258 Å². The second-order valence-electron chi connectivity index (χ2n) is 19.6. The van der Waals surface area contributed by atoms with Crippen LogP contribution >= 0.6 is 0 Å². The quantitative estimate of drug-likeness (QED) is 0.0196. The molecular formula is C56H105NO10. The number of hydrogen-bond acceptors (Lipinski definition) is 10. The second-order valence-corrected chi connectivity index (χ2v) is 19.6. The van der Waals surface area contributed by atoms with Crippen molar-refractivity contribution in [1.82, 2.24) is 5.32 Å². The number of ether oxygens (including phenoxy) is 3. The highest BCUT2D eigenvalue weighted by atomic mass is 16.7. The van der Waals surface area contributed by atoms with Crippen LogP contribution in [0, 0.1) is 0 Å². The molecule has 0 aliphatic carbocycles. The lowest BCUT2D eigenvalue weighted by atomic mass is 9.99. The number of allylic oxidation sites excluding steroid dienone is 3. The molecule has 1 aliphatic rings. The molecule has 1 heterocycles. The lowest BCUT2D eigenvalue weighted by Gasteiger charge is -2.40. The van der Waals surface area contributed by atoms with Gasteiger partial charge in [0.15, 0.2) is 6.29 Å². The molecule has 1 fully saturated rings. The van der Waals surface area contributed by atoms with E-state index in [1.54, 1.807) is 6.08 Å². The number of hydrogen-bond donors (Lipinski definition) is 6. The molecule has 0 aromatic heterocycles. The van der Waals surface area contributed by atoms with Crippen LogP contribution < -0.4 is 5.32 Å². The summed E-state index contributed by atoms with van der Waals surface area (Å²) in [6.07, 6.45) is 44.1. The Morgan fingerprint density at radius 1 is 0.537 bits per heavy atom. The maximum absolute atomic E-state index is 13.0. The van der Waals surface area contributed by atoms with Gasteiger partial charge in [-0.25, -0.2) is 0 Å². The van der Waals surface area contributed by atoms with Gasteiger partial charge in [0, 0.05) is 12.8 Å². The summed E-state index contributed by atoms with van der Waals surface area (Å²) in [6.45, 7) is 4.25. The third-order valence-corrected chi connectivity index (χ3v) is 13.3. The third kappa shape index (κ3) is 36.7. The summed E-state index contributed by atoms with van der Waals surface area (Å²) in [5.74, 6) is -0.236. The normalized spacial score (nSPS) is 19.7. The van der Waals surface area contributed by atoms with Gasteiger partial charge in [-0.1, -0.05) is 212 Å². The van der Waals surface area contributed by atoms with Crippen LogP contribution in [-0.4, -0.2) is 100 Å². The molecule has 7 unspecified atom stereocenters. The molecular weight excluding hydrogens is 847 g/mol. The molecule has 11 heteroatoms. The SMILES string of the molecule is CCCCCCCCC/C=C\CCCCCCCCCC(=O)OCCCCCCCCCCCCCCC(=O)NC(COC1OC(CO)C(O)C(O)C1O)C(O)/C=C/CCCCCCCCC. The van der Waals surface area contributed by atoms with Gasteiger partial charge in [0.25, 0.3) is 0 Å². The number of carbonyl (C=O) groups excluding carboxylic acids is 2. The highest BCUT2D eigenvalue weighted by molar-refractivity contribution is 5.76. The molecule has 6 N–H and O–H groups in total. The number of unbranched alkanes of at least 4 members (excludes halogenated alkanes) is 32. The number of aliphatic hydroxyl groups excluding tert-OH is 5. The molecule has 0 spiro atoms. The van der Waals surface area contributed by atoms with Gasteiger partial charge < -0.3 is 45.1 Å². The minimum Gasteiger partial charge on any atom is -0.466 e. The Labute approximate surface area is 410 Å². The summed E-state index contributed by atoms with van der Waals surface area (Å²) < 4.78 is 16.7. The van der Waals surface area contributed by atoms with E-state index in [1.165, 1.54) is 161 Å². The first-order valence-electron chi connectivity index (χ1n) is 28.1. The van der Waals surface area contributed by atoms with E-state index in [0.29, 0.717) is 19.4 Å². The first-order valence-corrected chi connectivity index (χ1v) is 28.1. The average Bonchev–Trinajstić information content (AvgIpc) is 3.32. The fourth-order valence-corrected chi connectivity index (χ4v) is 8.78. The van der Waals surface area contributed by atoms with Gasteiger partial charge in [-0.3, -0.25) is 9.59 Å². The maximum Gasteiger partial charge on any atom is 0.305 e. The van der Waals surface area contributed by atoms with E-state index >= 15 is 0 Å². The zero-order chi connectivity index (χ0) is 48.8. The van der Waals surface area contributed by atoms with E-state index < -0.39 is 49.5 Å². The van der Waals surface area contributed by atoms with Gasteiger partial charge in [-0.15, -0.1) is 0 Å². The van der Waals surface area contributed by atoms with Crippen molar-refractivity contribution >= 4 is 11.9 Å². The Hall–Kier alpha value is -1.86. The fourth-order valence-electron chi connectivity index (χ4n) is 8.78. The average molecular weight is 952 g/mol. The zero-order valence-electron chi connectivity index (χ0n) is 43.1. The van der Waals surface area contributed by atoms with Crippen molar-refractivity contribution in [2.24, 2.45) is 0 Å². The third-order valence-electron chi connectivity index (χ3n) is 13.3. The highest BCUT2D eigenvalue weighted by Crippen LogP contribution is 2.23. The van der Waals surface area contributed by atoms with E-state index in [-0.39, 0.29) is 18.5 Å². The standard InChI is InChI=1S/C56H105NO10/c1-3-5-7-9-11-13-14-15-16-17-18-19-20-24-28-32-36-40-44-52(61)65-45-41-37-33-29-25-22-21-23-27-31-35-39-43-51(60)57-48(49(59)42-38-34-30-26-12-10-8-6-4-2)47-66-56-55(64)54(63)53(62)50(46-58)67-56/h16-17,38,42,48-50,53-56,58-59,62-64H,3-15,18-37,39-41,43-47H2,1-2H3,(H,57,60)/b17-16-,42-38+. The van der Waals surface area contributed by atoms with E-state index in [9.17, 15) is 35.1 Å². The predicted octanol–water partition coefficient (Wildman–Crippen LogP) is 12.2. The van der Waals surface area contributed by atoms with Crippen molar-refractivity contribution in [2.45, 2.75) is 301 Å². The first kappa shape index (κ1) is 63.2. The van der Waals surface area contributed by atoms with E-state index in [1.807, 2.05) is 6.08 Å². The summed E-state index contributed by atoms with van der Waals surface area (Å²) >= 11 is 0. The number of carbonyl (C=O) groups is 2. The number of rotatable bonds is 48. The smallest absolute Gasteiger partial charge is 0.305 e. The molecule has 1 amide bonds. The molecule has 0 aromatic carbocycles. The summed E-state index contributed by atoms with van der Waals surface area (Å²) in [5.41, 5.74) is 0. The molecule has 7 atom stereocenters. The van der Waals surface area contributed by atoms with Crippen LogP contribution in [0.5, 0.6) is 0 Å². The number of amides is 1. The Morgan fingerprint density at radius 3 is 1.43 bits per heavy atom. The molecule has 394 valence electrons. The molecule has 0 aromatic rings. The van der Waals surface area contributed by atoms with Gasteiger partial charge in [0.2, 0.25) is 5.91 Å². The van der Waals surface area contributed by atoms with Crippen molar-refractivity contribution in [3.63, 3.8) is 0 Å². The van der Waals surface area contributed by atoms with Crippen LogP contribution in [0.2, 0.25) is 0 Å². The highest BCUT2D eigenvalue weighted by Gasteiger charge is 2.44. The van der Waals surface area contributed by atoms with Crippen molar-refractivity contribution in [3.8, 4) is 0 Å². The lowest BCUT2D eigenvalue weighted by molar-refractivity contribution is -0.302. The molecule has 67 heavy (non-hydrogen) atoms. The number of aliphatic hydroxyl groups is 5. The van der Waals surface area contributed by atoms with Crippen molar-refractivity contribution < 1.29 is 49.3 Å². The molecule has 1 saturated heterocycles. The topological polar surface area (TPSA) is 175 Å². The minimum atomic E-state index is -1.58. The lowest BCUT2D eigenvalue weighted by Crippen LogP contribution is -2.60. The molecule has 11 nitrogen and oxygen atoms in total. The van der Waals surface area contributed by atoms with Gasteiger partial charge >= 0.3 is 5.97 Å². The largest absolute Gasteiger partial charge is 0.466 e. The molecule has 0 radical (unpaired) electrons. The Balaban J connectivity index is 2.07. The Bertz CT molecular complexity index is 1170. The van der Waals surface area contributed by atoms with E-state index in [2.05, 4.69) is 31.3 Å². The van der Waals surface area contributed by atoms with E-state index in [4.69, 9.17) is 14.2 Å². The van der Waals surface area contributed by atoms with Crippen molar-refractivity contribution in [1.29, 1.82) is 0 Å². The fraction of sp³-hybridized carbons (Fsp3) is 0.893. The summed E-state index contributed by atoms with van der Waals surface area (Å²) in [6, 6.07) is -0.820. The molecule has 0 saturated carbocycles. The van der Waals surface area contributed by atoms with Crippen LogP contribution in [-0.2, 0) is 23.8 Å². The molecule has 0 bridgehead atoms. The van der Waals surface area contributed by atoms with Crippen LogP contribution in [0.4, 0.5) is 0 Å². The molecule has 1 aliphatic heterocycles. The number of esters is 1. The van der Waals surface area contributed by atoms with E-state index in [0.717, 1.165) is 70.6 Å². The van der Waals surface area contributed by atoms with Crippen molar-refractivity contribution in [2.75, 3.05) is 19.8 Å². The monoisotopic (exact) mass is 952 g/mol. The van der Waals surface area contributed by atoms with Gasteiger partial charge in [-0.2, -0.15) is 0 Å². The van der Waals surface area contributed by atoms with Crippen LogP contribution in [0.25, 0.3) is 0 Å². The minimum absolute atomic E-state index is 0.0364. The summed E-state index contributed by atoms with van der Waals surface area (Å²) in [5, 5.41) is 54.1. The number of nitrogens with one attached hydrogen (secondary N) is 1. The predicted molar refractivity (Wildman–Crippen MR) is 274 cm³/mol. The second kappa shape index (κ2) is 46.5. The summed E-state index contributed by atoms with van der Waals surface area (Å²) in [4.78, 5) is 25.1. The first-order chi connectivity index (χ1) is 32.7. The van der Waals surface area contributed by atoms with Gasteiger partial charge in [0.05, 0.1) is 32.0 Å². The Morgan fingerprint density at radius 2 is 0.955 bits per heavy atom. The van der Waals surface area contributed by atoms with Gasteiger partial charge in [0.1, 0.15) is 24.4 Å². The maximum atomic E-state index is 13.0. The van der Waals surface area contributed by atoms with Crippen molar-refractivity contribution in [3.05, 3.63) is 24.3 Å².